The lowest BCUT2D eigenvalue weighted by molar-refractivity contribution is -0.107. The molecule has 0 unspecified atom stereocenters. The monoisotopic (exact) mass is 310 g/mol. The molecule has 0 amide bonds. The van der Waals surface area contributed by atoms with Crippen molar-refractivity contribution in [3.63, 3.8) is 0 Å². The molecular weight excluding hydrogens is 307 g/mol. The standard InChI is InChI=1S/C8H5Br2ClO/c9-8(10,5-12)6-1-3-7(11)4-2-6/h1-5H. The van der Waals surface area contributed by atoms with Crippen LogP contribution in [0.5, 0.6) is 0 Å². The number of carbonyl (C=O) groups is 1. The van der Waals surface area contributed by atoms with Gasteiger partial charge in [0, 0.05) is 5.02 Å². The van der Waals surface area contributed by atoms with Gasteiger partial charge in [-0.05, 0) is 17.7 Å². The van der Waals surface area contributed by atoms with E-state index in [1.165, 1.54) is 0 Å². The second-order valence-corrected chi connectivity index (χ2v) is 6.25. The van der Waals surface area contributed by atoms with Crippen LogP contribution in [0.15, 0.2) is 24.3 Å². The molecule has 0 aliphatic heterocycles. The largest absolute Gasteiger partial charge is 0.300 e. The zero-order valence-corrected chi connectivity index (χ0v) is 9.86. The summed E-state index contributed by atoms with van der Waals surface area (Å²) in [6.45, 7) is 0. The molecule has 0 fully saturated rings. The molecule has 1 aromatic rings. The van der Waals surface area contributed by atoms with Crippen LogP contribution in [0.1, 0.15) is 5.56 Å². The third-order valence-electron chi connectivity index (χ3n) is 1.38. The van der Waals surface area contributed by atoms with Gasteiger partial charge in [0.1, 0.15) is 0 Å². The Morgan fingerprint density at radius 2 is 1.75 bits per heavy atom. The fourth-order valence-electron chi connectivity index (χ4n) is 0.740. The van der Waals surface area contributed by atoms with Crippen LogP contribution < -0.4 is 0 Å². The summed E-state index contributed by atoms with van der Waals surface area (Å²) in [5.41, 5.74) is 0.821. The molecule has 0 radical (unpaired) electrons. The lowest BCUT2D eigenvalue weighted by Gasteiger charge is -2.12. The van der Waals surface area contributed by atoms with Crippen molar-refractivity contribution in [2.24, 2.45) is 0 Å². The van der Waals surface area contributed by atoms with Crippen molar-refractivity contribution in [1.29, 1.82) is 0 Å². The molecule has 0 atom stereocenters. The third-order valence-corrected chi connectivity index (χ3v) is 2.92. The molecule has 0 N–H and O–H groups in total. The van der Waals surface area contributed by atoms with Gasteiger partial charge in [0.25, 0.3) is 0 Å². The van der Waals surface area contributed by atoms with Gasteiger partial charge >= 0.3 is 0 Å². The van der Waals surface area contributed by atoms with Crippen molar-refractivity contribution in [3.8, 4) is 0 Å². The first-order chi connectivity index (χ1) is 5.56. The van der Waals surface area contributed by atoms with Gasteiger partial charge < -0.3 is 4.79 Å². The Balaban J connectivity index is 3.04. The fourth-order valence-corrected chi connectivity index (χ4v) is 1.39. The van der Waals surface area contributed by atoms with E-state index in [-0.39, 0.29) is 0 Å². The summed E-state index contributed by atoms with van der Waals surface area (Å²) in [5.74, 6) is 0. The van der Waals surface area contributed by atoms with E-state index >= 15 is 0 Å². The van der Waals surface area contributed by atoms with Gasteiger partial charge in [-0.2, -0.15) is 0 Å². The molecule has 0 spiro atoms. The van der Waals surface area contributed by atoms with Crippen LogP contribution in [0, 0.1) is 0 Å². The number of benzene rings is 1. The number of aldehydes is 1. The first-order valence-corrected chi connectivity index (χ1v) is 5.13. The van der Waals surface area contributed by atoms with Gasteiger partial charge in [0.05, 0.1) is 0 Å². The highest BCUT2D eigenvalue weighted by Gasteiger charge is 2.23. The van der Waals surface area contributed by atoms with Crippen LogP contribution in [0.4, 0.5) is 0 Å². The lowest BCUT2D eigenvalue weighted by Crippen LogP contribution is -2.09. The van der Waals surface area contributed by atoms with E-state index in [9.17, 15) is 4.79 Å². The van der Waals surface area contributed by atoms with E-state index in [0.717, 1.165) is 11.8 Å². The second kappa shape index (κ2) is 3.90. The number of carbonyl (C=O) groups excluding carboxylic acids is 1. The van der Waals surface area contributed by atoms with Gasteiger partial charge in [-0.3, -0.25) is 0 Å². The zero-order chi connectivity index (χ0) is 9.19. The Morgan fingerprint density at radius 1 is 1.25 bits per heavy atom. The van der Waals surface area contributed by atoms with Crippen molar-refractivity contribution in [1.82, 2.24) is 0 Å². The first kappa shape index (κ1) is 10.2. The molecule has 12 heavy (non-hydrogen) atoms. The zero-order valence-electron chi connectivity index (χ0n) is 5.93. The topological polar surface area (TPSA) is 17.1 Å². The van der Waals surface area contributed by atoms with Crippen LogP contribution in [-0.4, -0.2) is 6.29 Å². The molecule has 0 saturated carbocycles. The first-order valence-electron chi connectivity index (χ1n) is 3.16. The van der Waals surface area contributed by atoms with Crippen LogP contribution >= 0.6 is 43.5 Å². The third kappa shape index (κ3) is 2.31. The summed E-state index contributed by atoms with van der Waals surface area (Å²) < 4.78 is -0.787. The van der Waals surface area contributed by atoms with Crippen molar-refractivity contribution < 1.29 is 4.79 Å². The maximum Gasteiger partial charge on any atom is 0.160 e. The number of rotatable bonds is 2. The van der Waals surface area contributed by atoms with E-state index in [1.54, 1.807) is 24.3 Å². The van der Waals surface area contributed by atoms with Crippen LogP contribution in [-0.2, 0) is 8.03 Å². The molecular formula is C8H5Br2ClO. The number of alkyl halides is 2. The van der Waals surface area contributed by atoms with Gasteiger partial charge in [-0.25, -0.2) is 0 Å². The summed E-state index contributed by atoms with van der Waals surface area (Å²) >= 11 is 12.1. The minimum absolute atomic E-state index is 0.653. The number of hydrogen-bond acceptors (Lipinski definition) is 1. The Kier molecular flexibility index (Phi) is 3.32. The highest BCUT2D eigenvalue weighted by Crippen LogP contribution is 2.35. The summed E-state index contributed by atoms with van der Waals surface area (Å²) in [4.78, 5) is 10.6. The van der Waals surface area contributed by atoms with E-state index in [1.807, 2.05) is 0 Å². The SMILES string of the molecule is O=CC(Br)(Br)c1ccc(Cl)cc1. The predicted molar refractivity (Wildman–Crippen MR) is 57.0 cm³/mol. The van der Waals surface area contributed by atoms with E-state index in [4.69, 9.17) is 11.6 Å². The number of hydrogen-bond donors (Lipinski definition) is 0. The van der Waals surface area contributed by atoms with E-state index in [0.29, 0.717) is 5.02 Å². The average molecular weight is 312 g/mol. The van der Waals surface area contributed by atoms with Gasteiger partial charge in [0.15, 0.2) is 9.52 Å². The summed E-state index contributed by atoms with van der Waals surface area (Å²) in [6.07, 6.45) is 0.774. The van der Waals surface area contributed by atoms with Crippen LogP contribution in [0.2, 0.25) is 5.02 Å². The van der Waals surface area contributed by atoms with Gasteiger partial charge in [-0.1, -0.05) is 55.6 Å². The molecule has 64 valence electrons. The molecule has 0 heterocycles. The van der Waals surface area contributed by atoms with Crippen molar-refractivity contribution >= 4 is 49.7 Å². The molecule has 0 aliphatic rings. The van der Waals surface area contributed by atoms with Gasteiger partial charge in [0.2, 0.25) is 0 Å². The van der Waals surface area contributed by atoms with E-state index in [2.05, 4.69) is 31.9 Å². The molecule has 0 aliphatic carbocycles. The molecule has 4 heteroatoms. The minimum atomic E-state index is -0.787. The molecule has 0 bridgehead atoms. The molecule has 1 nitrogen and oxygen atoms in total. The quantitative estimate of drug-likeness (QED) is 0.603. The summed E-state index contributed by atoms with van der Waals surface area (Å²) in [5, 5.41) is 0.653. The van der Waals surface area contributed by atoms with Crippen molar-refractivity contribution in [2.45, 2.75) is 3.23 Å². The van der Waals surface area contributed by atoms with Gasteiger partial charge in [-0.15, -0.1) is 0 Å². The Bertz CT molecular complexity index is 282. The molecule has 0 aromatic heterocycles. The fraction of sp³-hybridized carbons (Fsp3) is 0.125. The van der Waals surface area contributed by atoms with Crippen molar-refractivity contribution in [3.05, 3.63) is 34.9 Å². The minimum Gasteiger partial charge on any atom is -0.300 e. The summed E-state index contributed by atoms with van der Waals surface area (Å²) in [7, 11) is 0. The average Bonchev–Trinajstić information content (AvgIpc) is 2.05. The van der Waals surface area contributed by atoms with E-state index < -0.39 is 3.23 Å². The van der Waals surface area contributed by atoms with Crippen LogP contribution in [0.25, 0.3) is 0 Å². The highest BCUT2D eigenvalue weighted by atomic mass is 79.9. The molecule has 0 saturated heterocycles. The smallest absolute Gasteiger partial charge is 0.160 e. The maximum absolute atomic E-state index is 10.6. The lowest BCUT2D eigenvalue weighted by atomic mass is 10.2. The summed E-state index contributed by atoms with van der Waals surface area (Å²) in [6, 6.07) is 7.02. The van der Waals surface area contributed by atoms with Crippen molar-refractivity contribution in [2.75, 3.05) is 0 Å². The molecule has 1 rings (SSSR count). The Hall–Kier alpha value is 0.140. The highest BCUT2D eigenvalue weighted by molar-refractivity contribution is 9.25. The second-order valence-electron chi connectivity index (χ2n) is 2.25. The normalized spacial score (nSPS) is 11.2. The Labute approximate surface area is 92.4 Å². The molecule has 1 aromatic carbocycles. The maximum atomic E-state index is 10.6. The predicted octanol–water partition coefficient (Wildman–Crippen LogP) is 3.48. The Morgan fingerprint density at radius 3 is 2.17 bits per heavy atom. The van der Waals surface area contributed by atoms with Crippen LogP contribution in [0.3, 0.4) is 0 Å². The number of halogens is 3.